The summed E-state index contributed by atoms with van der Waals surface area (Å²) in [5.74, 6) is -3.41. The number of aliphatic carboxylic acids is 1. The largest absolute Gasteiger partial charge is 0.492 e. The van der Waals surface area contributed by atoms with Crippen LogP contribution >= 0.6 is 0 Å². The smallest absolute Gasteiger partial charge is 0.410 e. The van der Waals surface area contributed by atoms with Gasteiger partial charge in [-0.25, -0.2) is 18.4 Å². The highest BCUT2D eigenvalue weighted by Gasteiger charge is 2.26. The van der Waals surface area contributed by atoms with Crippen molar-refractivity contribution >= 4 is 12.1 Å². The quantitative estimate of drug-likeness (QED) is 0.312. The van der Waals surface area contributed by atoms with Crippen molar-refractivity contribution in [2.45, 2.75) is 38.7 Å². The lowest BCUT2D eigenvalue weighted by Crippen LogP contribution is -2.38. The van der Waals surface area contributed by atoms with Crippen LogP contribution in [-0.2, 0) is 30.2 Å². The number of rotatable bonds is 18. The molecule has 0 aliphatic rings. The Bertz CT molecular complexity index is 717. The maximum atomic E-state index is 13.3. The molecule has 0 fully saturated rings. The van der Waals surface area contributed by atoms with E-state index in [1.165, 1.54) is 18.9 Å². The SMILES string of the molecule is CCOC(Cc1ccc(OCCN(CCOCC(F)(F)CC)C(=O)OCCOC)cc1)C(=O)O. The first-order valence-electron chi connectivity index (χ1n) is 11.1. The molecule has 0 aliphatic carbocycles. The van der Waals surface area contributed by atoms with E-state index in [4.69, 9.17) is 23.7 Å². The van der Waals surface area contributed by atoms with Gasteiger partial charge in [-0.1, -0.05) is 19.1 Å². The Hall–Kier alpha value is -2.50. The fourth-order valence-corrected chi connectivity index (χ4v) is 2.72. The number of methoxy groups -OCH3 is 1. The summed E-state index contributed by atoms with van der Waals surface area (Å²) in [5, 5.41) is 9.19. The van der Waals surface area contributed by atoms with Gasteiger partial charge >= 0.3 is 12.1 Å². The van der Waals surface area contributed by atoms with Gasteiger partial charge in [-0.15, -0.1) is 0 Å². The van der Waals surface area contributed by atoms with Crippen LogP contribution in [0.15, 0.2) is 24.3 Å². The molecule has 0 saturated carbocycles. The van der Waals surface area contributed by atoms with E-state index in [1.807, 2.05) is 0 Å². The average molecular weight is 492 g/mol. The molecule has 1 N–H and O–H groups in total. The molecule has 1 unspecified atom stereocenters. The predicted octanol–water partition coefficient (Wildman–Crippen LogP) is 3.24. The number of hydrogen-bond donors (Lipinski definition) is 1. The Kier molecular flexibility index (Phi) is 14.1. The van der Waals surface area contributed by atoms with Crippen LogP contribution in [0.25, 0.3) is 0 Å². The number of carbonyl (C=O) groups excluding carboxylic acids is 1. The molecule has 1 aromatic carbocycles. The highest BCUT2D eigenvalue weighted by molar-refractivity contribution is 5.72. The summed E-state index contributed by atoms with van der Waals surface area (Å²) in [6, 6.07) is 6.86. The third-order valence-corrected chi connectivity index (χ3v) is 4.72. The minimum atomic E-state index is -2.91. The van der Waals surface area contributed by atoms with Gasteiger partial charge in [-0.3, -0.25) is 0 Å². The Morgan fingerprint density at radius 3 is 2.32 bits per heavy atom. The standard InChI is InChI=1S/C23H35F2NO8/c1-4-23(24,25)17-31-12-10-26(22(29)34-15-14-30-3)11-13-33-19-8-6-18(7-9-19)16-20(21(27)28)32-5-2/h6-9,20H,4-5,10-17H2,1-3H3,(H,27,28). The molecular formula is C23H35F2NO8. The van der Waals surface area contributed by atoms with Crippen molar-refractivity contribution in [1.82, 2.24) is 4.90 Å². The second kappa shape index (κ2) is 16.2. The van der Waals surface area contributed by atoms with Crippen LogP contribution in [0, 0.1) is 0 Å². The number of carbonyl (C=O) groups is 2. The van der Waals surface area contributed by atoms with Gasteiger partial charge in [-0.05, 0) is 24.6 Å². The molecule has 1 atom stereocenters. The number of hydrogen-bond acceptors (Lipinski definition) is 7. The summed E-state index contributed by atoms with van der Waals surface area (Å²) in [4.78, 5) is 24.8. The molecule has 11 heteroatoms. The Morgan fingerprint density at radius 2 is 1.74 bits per heavy atom. The molecule has 0 bridgehead atoms. The molecule has 1 amide bonds. The van der Waals surface area contributed by atoms with Gasteiger partial charge in [0.1, 0.15) is 25.6 Å². The van der Waals surface area contributed by atoms with Gasteiger partial charge in [-0.2, -0.15) is 0 Å². The molecule has 34 heavy (non-hydrogen) atoms. The van der Waals surface area contributed by atoms with E-state index < -0.39 is 30.7 Å². The number of nitrogens with zero attached hydrogens (tertiary/aromatic N) is 1. The zero-order chi connectivity index (χ0) is 25.4. The van der Waals surface area contributed by atoms with Gasteiger partial charge in [0.15, 0.2) is 6.10 Å². The second-order valence-corrected chi connectivity index (χ2v) is 7.34. The van der Waals surface area contributed by atoms with E-state index >= 15 is 0 Å². The van der Waals surface area contributed by atoms with E-state index in [0.717, 1.165) is 5.56 Å². The summed E-state index contributed by atoms with van der Waals surface area (Å²) in [6.07, 6.45) is -1.65. The number of alkyl halides is 2. The maximum Gasteiger partial charge on any atom is 0.410 e. The zero-order valence-electron chi connectivity index (χ0n) is 20.0. The molecule has 9 nitrogen and oxygen atoms in total. The average Bonchev–Trinajstić information content (AvgIpc) is 2.81. The molecule has 194 valence electrons. The van der Waals surface area contributed by atoms with Crippen LogP contribution in [0.4, 0.5) is 13.6 Å². The van der Waals surface area contributed by atoms with E-state index in [0.29, 0.717) is 12.4 Å². The summed E-state index contributed by atoms with van der Waals surface area (Å²) >= 11 is 0. The van der Waals surface area contributed by atoms with Crippen LogP contribution < -0.4 is 4.74 Å². The van der Waals surface area contributed by atoms with Crippen molar-refractivity contribution in [1.29, 1.82) is 0 Å². The third-order valence-electron chi connectivity index (χ3n) is 4.72. The van der Waals surface area contributed by atoms with Crippen molar-refractivity contribution < 1.29 is 47.2 Å². The highest BCUT2D eigenvalue weighted by Crippen LogP contribution is 2.18. The van der Waals surface area contributed by atoms with E-state index in [9.17, 15) is 23.5 Å². The van der Waals surface area contributed by atoms with E-state index in [2.05, 4.69) is 0 Å². The molecule has 0 radical (unpaired) electrons. The number of benzene rings is 1. The van der Waals surface area contributed by atoms with E-state index in [1.54, 1.807) is 31.2 Å². The fraction of sp³-hybridized carbons (Fsp3) is 0.652. The topological polar surface area (TPSA) is 104 Å². The molecule has 0 aliphatic heterocycles. The molecule has 0 spiro atoms. The number of amides is 1. The highest BCUT2D eigenvalue weighted by atomic mass is 19.3. The lowest BCUT2D eigenvalue weighted by Gasteiger charge is -2.23. The molecule has 1 aromatic rings. The second-order valence-electron chi connectivity index (χ2n) is 7.34. The number of carboxylic acid groups (broad SMARTS) is 1. The van der Waals surface area contributed by atoms with Crippen LogP contribution in [0.2, 0.25) is 0 Å². The van der Waals surface area contributed by atoms with Crippen LogP contribution in [0.1, 0.15) is 25.8 Å². The van der Waals surface area contributed by atoms with E-state index in [-0.39, 0.29) is 52.4 Å². The van der Waals surface area contributed by atoms with Crippen LogP contribution in [-0.4, -0.2) is 93.9 Å². The van der Waals surface area contributed by atoms with Gasteiger partial charge in [0, 0.05) is 33.1 Å². The van der Waals surface area contributed by atoms with Gasteiger partial charge in [0.2, 0.25) is 0 Å². The zero-order valence-corrected chi connectivity index (χ0v) is 20.0. The molecule has 0 heterocycles. The molecule has 0 aromatic heterocycles. The van der Waals surface area contributed by atoms with Crippen molar-refractivity contribution in [2.75, 3.05) is 59.8 Å². The monoisotopic (exact) mass is 491 g/mol. The minimum Gasteiger partial charge on any atom is -0.492 e. The van der Waals surface area contributed by atoms with Crippen LogP contribution in [0.5, 0.6) is 5.75 Å². The Balaban J connectivity index is 2.57. The van der Waals surface area contributed by atoms with Gasteiger partial charge in [0.05, 0.1) is 19.8 Å². The van der Waals surface area contributed by atoms with Crippen LogP contribution in [0.3, 0.4) is 0 Å². The number of carboxylic acids is 1. The number of ether oxygens (including phenoxy) is 5. The maximum absolute atomic E-state index is 13.3. The van der Waals surface area contributed by atoms with Crippen molar-refractivity contribution in [3.63, 3.8) is 0 Å². The normalized spacial score (nSPS) is 12.3. The fourth-order valence-electron chi connectivity index (χ4n) is 2.72. The minimum absolute atomic E-state index is 0.0575. The predicted molar refractivity (Wildman–Crippen MR) is 120 cm³/mol. The summed E-state index contributed by atoms with van der Waals surface area (Å²) in [5.41, 5.74) is 0.776. The molecule has 1 rings (SSSR count). The summed E-state index contributed by atoms with van der Waals surface area (Å²) in [6.45, 7) is 3.23. The Morgan fingerprint density at radius 1 is 1.06 bits per heavy atom. The first-order valence-corrected chi connectivity index (χ1v) is 11.1. The van der Waals surface area contributed by atoms with Crippen molar-refractivity contribution in [3.05, 3.63) is 29.8 Å². The first kappa shape index (κ1) is 29.5. The lowest BCUT2D eigenvalue weighted by molar-refractivity contribution is -0.149. The van der Waals surface area contributed by atoms with Crippen molar-refractivity contribution in [3.8, 4) is 5.75 Å². The van der Waals surface area contributed by atoms with Gasteiger partial charge < -0.3 is 33.7 Å². The summed E-state index contributed by atoms with van der Waals surface area (Å²) in [7, 11) is 1.48. The Labute approximate surface area is 198 Å². The molecule has 0 saturated heterocycles. The summed E-state index contributed by atoms with van der Waals surface area (Å²) < 4.78 is 52.5. The van der Waals surface area contributed by atoms with Gasteiger partial charge in [0.25, 0.3) is 5.92 Å². The number of halogens is 2. The van der Waals surface area contributed by atoms with Crippen molar-refractivity contribution in [2.24, 2.45) is 0 Å². The third kappa shape index (κ3) is 12.1. The first-order chi connectivity index (χ1) is 16.2. The molecular weight excluding hydrogens is 456 g/mol. The lowest BCUT2D eigenvalue weighted by atomic mass is 10.1.